The molecule has 2 fully saturated rings. The fourth-order valence-electron chi connectivity index (χ4n) is 5.61. The lowest BCUT2D eigenvalue weighted by Gasteiger charge is -2.37. The van der Waals surface area contributed by atoms with Gasteiger partial charge in [-0.1, -0.05) is 12.1 Å². The Labute approximate surface area is 215 Å². The van der Waals surface area contributed by atoms with Gasteiger partial charge in [0.1, 0.15) is 18.4 Å². The average molecular weight is 512 g/mol. The zero-order valence-electron chi connectivity index (χ0n) is 21.5. The molecule has 37 heavy (non-hydrogen) atoms. The summed E-state index contributed by atoms with van der Waals surface area (Å²) in [4.78, 5) is 44.7. The van der Waals surface area contributed by atoms with E-state index in [1.54, 1.807) is 4.90 Å². The number of fused-ring (bicyclic) bond motifs is 1. The molecular weight excluding hydrogens is 477 g/mol. The summed E-state index contributed by atoms with van der Waals surface area (Å²) in [5.74, 6) is -0.722. The summed E-state index contributed by atoms with van der Waals surface area (Å²) in [5, 5.41) is 14.1. The maximum absolute atomic E-state index is 14.1. The van der Waals surface area contributed by atoms with Crippen molar-refractivity contribution in [3.05, 3.63) is 46.3 Å². The number of halogens is 1. The number of rotatable bonds is 4. The summed E-state index contributed by atoms with van der Waals surface area (Å²) in [7, 11) is 0. The predicted molar refractivity (Wildman–Crippen MR) is 136 cm³/mol. The molecule has 0 unspecified atom stereocenters. The molecule has 198 valence electrons. The van der Waals surface area contributed by atoms with Crippen LogP contribution < -0.4 is 4.90 Å². The Hall–Kier alpha value is -3.27. The van der Waals surface area contributed by atoms with Crippen molar-refractivity contribution in [3.63, 3.8) is 0 Å². The van der Waals surface area contributed by atoms with E-state index in [1.807, 2.05) is 6.07 Å². The molecule has 2 saturated heterocycles. The molecule has 3 aliphatic rings. The van der Waals surface area contributed by atoms with Crippen LogP contribution in [0.3, 0.4) is 0 Å². The Bertz CT molecular complexity index is 1220. The Morgan fingerprint density at radius 1 is 1.08 bits per heavy atom. The van der Waals surface area contributed by atoms with Crippen LogP contribution in [0.5, 0.6) is 0 Å². The Morgan fingerprint density at radius 2 is 1.84 bits per heavy atom. The number of likely N-dealkylation sites (tertiary alicyclic amines) is 1. The molecule has 9 nitrogen and oxygen atoms in total. The number of alkyl halides is 1. The predicted octanol–water partition coefficient (Wildman–Crippen LogP) is 1.91. The molecule has 0 radical (unpaired) electrons. The largest absolute Gasteiger partial charge is 0.390 e. The average Bonchev–Trinajstić information content (AvgIpc) is 3.26. The number of aromatic nitrogens is 2. The van der Waals surface area contributed by atoms with E-state index < -0.39 is 18.2 Å². The zero-order chi connectivity index (χ0) is 26.3. The number of carbonyl (C=O) groups excluding carboxylic acids is 3. The van der Waals surface area contributed by atoms with Crippen LogP contribution in [0.25, 0.3) is 0 Å². The minimum atomic E-state index is -1.51. The Kier molecular flexibility index (Phi) is 7.02. The molecule has 1 aromatic heterocycles. The minimum absolute atomic E-state index is 0.116. The molecule has 3 heterocycles. The van der Waals surface area contributed by atoms with Crippen LogP contribution in [0.4, 0.5) is 10.1 Å². The summed E-state index contributed by atoms with van der Waals surface area (Å²) >= 11 is 0. The number of aliphatic hydroxyl groups excluding tert-OH is 1. The fourth-order valence-corrected chi connectivity index (χ4v) is 5.61. The van der Waals surface area contributed by atoms with Crippen molar-refractivity contribution in [3.8, 4) is 0 Å². The van der Waals surface area contributed by atoms with E-state index in [2.05, 4.69) is 36.0 Å². The van der Waals surface area contributed by atoms with E-state index in [0.29, 0.717) is 56.7 Å². The number of piperazine rings is 1. The highest BCUT2D eigenvalue weighted by Crippen LogP contribution is 2.28. The summed E-state index contributed by atoms with van der Waals surface area (Å²) in [5.41, 5.74) is 4.66. The first-order valence-electron chi connectivity index (χ1n) is 13.1. The van der Waals surface area contributed by atoms with Crippen molar-refractivity contribution < 1.29 is 23.9 Å². The molecule has 0 saturated carbocycles. The fraction of sp³-hybridized carbons (Fsp3) is 0.556. The van der Waals surface area contributed by atoms with Gasteiger partial charge < -0.3 is 19.8 Å². The molecule has 10 heteroatoms. The molecule has 0 spiro atoms. The zero-order valence-corrected chi connectivity index (χ0v) is 21.5. The van der Waals surface area contributed by atoms with Gasteiger partial charge in [-0.15, -0.1) is 0 Å². The number of nitrogens with zero attached hydrogens (tertiary/aromatic N) is 5. The highest BCUT2D eigenvalue weighted by atomic mass is 19.1. The van der Waals surface area contributed by atoms with Gasteiger partial charge in [0.2, 0.25) is 5.91 Å². The van der Waals surface area contributed by atoms with E-state index in [4.69, 9.17) is 0 Å². The number of hydrogen-bond acceptors (Lipinski definition) is 6. The van der Waals surface area contributed by atoms with E-state index in [-0.39, 0.29) is 43.4 Å². The third-order valence-electron chi connectivity index (χ3n) is 7.98. The van der Waals surface area contributed by atoms with Crippen molar-refractivity contribution in [2.75, 3.05) is 44.2 Å². The first kappa shape index (κ1) is 25.4. The second-order valence-electron chi connectivity index (χ2n) is 10.3. The van der Waals surface area contributed by atoms with Crippen molar-refractivity contribution in [2.45, 2.75) is 58.4 Å². The van der Waals surface area contributed by atoms with Crippen molar-refractivity contribution in [2.24, 2.45) is 0 Å². The van der Waals surface area contributed by atoms with Gasteiger partial charge in [0.25, 0.3) is 5.91 Å². The minimum Gasteiger partial charge on any atom is -0.390 e. The summed E-state index contributed by atoms with van der Waals surface area (Å²) in [6.07, 6.45) is -0.971. The third-order valence-corrected chi connectivity index (χ3v) is 7.98. The SMILES string of the molecule is Cc1cccc(N2CCN(C(=O)Cn3nc(C(=O)N4CC[C@H](O)[C@H](F)C4)c4c3C(=O)CCC4)CC2)c1C. The Balaban J connectivity index is 1.31. The lowest BCUT2D eigenvalue weighted by Crippen LogP contribution is -2.50. The van der Waals surface area contributed by atoms with Crippen molar-refractivity contribution in [1.82, 2.24) is 19.6 Å². The van der Waals surface area contributed by atoms with Crippen molar-refractivity contribution in [1.29, 1.82) is 0 Å². The van der Waals surface area contributed by atoms with Crippen LogP contribution in [0.15, 0.2) is 18.2 Å². The maximum atomic E-state index is 14.1. The number of amides is 2. The number of benzene rings is 1. The molecule has 2 aromatic rings. The van der Waals surface area contributed by atoms with Gasteiger partial charge in [0.15, 0.2) is 11.5 Å². The van der Waals surface area contributed by atoms with Crippen LogP contribution in [-0.2, 0) is 17.8 Å². The van der Waals surface area contributed by atoms with Crippen LogP contribution in [0, 0.1) is 13.8 Å². The molecule has 2 atom stereocenters. The van der Waals surface area contributed by atoms with Gasteiger partial charge >= 0.3 is 0 Å². The van der Waals surface area contributed by atoms with E-state index >= 15 is 0 Å². The van der Waals surface area contributed by atoms with Gasteiger partial charge in [0, 0.05) is 50.4 Å². The van der Waals surface area contributed by atoms with Gasteiger partial charge in [-0.25, -0.2) is 4.39 Å². The normalized spacial score (nSPS) is 22.3. The monoisotopic (exact) mass is 511 g/mol. The van der Waals surface area contributed by atoms with E-state index in [0.717, 1.165) is 0 Å². The maximum Gasteiger partial charge on any atom is 0.274 e. The second kappa shape index (κ2) is 10.2. The number of carbonyl (C=O) groups is 3. The first-order chi connectivity index (χ1) is 17.7. The molecule has 1 aromatic carbocycles. The number of piperidine rings is 1. The quantitative estimate of drug-likeness (QED) is 0.674. The first-order valence-corrected chi connectivity index (χ1v) is 13.1. The third kappa shape index (κ3) is 4.86. The molecule has 0 bridgehead atoms. The molecule has 2 aliphatic heterocycles. The highest BCUT2D eigenvalue weighted by molar-refractivity contribution is 6.02. The summed E-state index contributed by atoms with van der Waals surface area (Å²) < 4.78 is 15.5. The number of aryl methyl sites for hydroxylation is 1. The summed E-state index contributed by atoms with van der Waals surface area (Å²) in [6, 6.07) is 6.24. The van der Waals surface area contributed by atoms with Gasteiger partial charge in [-0.05, 0) is 50.3 Å². The second-order valence-corrected chi connectivity index (χ2v) is 10.3. The molecule has 1 aliphatic carbocycles. The van der Waals surface area contributed by atoms with Crippen LogP contribution >= 0.6 is 0 Å². The van der Waals surface area contributed by atoms with Gasteiger partial charge in [0.05, 0.1) is 12.6 Å². The van der Waals surface area contributed by atoms with Gasteiger partial charge in [-0.2, -0.15) is 5.10 Å². The molecule has 5 rings (SSSR count). The Morgan fingerprint density at radius 3 is 2.57 bits per heavy atom. The summed E-state index contributed by atoms with van der Waals surface area (Å²) in [6.45, 7) is 6.63. The molecular formula is C27H34FN5O4. The van der Waals surface area contributed by atoms with Crippen LogP contribution in [0.1, 0.15) is 56.9 Å². The van der Waals surface area contributed by atoms with Crippen LogP contribution in [0.2, 0.25) is 0 Å². The van der Waals surface area contributed by atoms with E-state index in [1.165, 1.54) is 26.4 Å². The van der Waals surface area contributed by atoms with Crippen LogP contribution in [-0.4, -0.2) is 93.8 Å². The standard InChI is InChI=1S/C27H34FN5O4/c1-17-5-3-7-21(18(17)2)30-11-13-31(14-12-30)24(36)16-33-26-19(6-4-8-23(26)35)25(29-33)27(37)32-10-9-22(34)20(28)15-32/h3,5,7,20,22,34H,4,6,8-16H2,1-2H3/t20-,22+/m1/s1. The molecule has 1 N–H and O–H groups in total. The number of anilines is 1. The van der Waals surface area contributed by atoms with Crippen molar-refractivity contribution >= 4 is 23.3 Å². The highest BCUT2D eigenvalue weighted by Gasteiger charge is 2.36. The number of Topliss-reactive ketones (excluding diaryl/α,β-unsaturated/α-hetero) is 1. The number of aliphatic hydroxyl groups is 1. The lowest BCUT2D eigenvalue weighted by molar-refractivity contribution is -0.132. The smallest absolute Gasteiger partial charge is 0.274 e. The number of hydrogen-bond donors (Lipinski definition) is 1. The lowest BCUT2D eigenvalue weighted by atomic mass is 9.94. The molecule has 2 amide bonds. The van der Waals surface area contributed by atoms with Gasteiger partial charge in [-0.3, -0.25) is 19.1 Å². The topological polar surface area (TPSA) is 99.0 Å². The number of ketones is 1. The van der Waals surface area contributed by atoms with E-state index in [9.17, 15) is 23.9 Å².